The number of nitrogens with one attached hydrogen (secondary N) is 1. The fraction of sp³-hybridized carbons (Fsp3) is 0.278. The molecule has 1 N–H and O–H groups in total. The average Bonchev–Trinajstić information content (AvgIpc) is 3.12. The van der Waals surface area contributed by atoms with Gasteiger partial charge in [0.25, 0.3) is 0 Å². The lowest BCUT2D eigenvalue weighted by Gasteiger charge is -2.33. The Kier molecular flexibility index (Phi) is 4.83. The zero-order valence-corrected chi connectivity index (χ0v) is 13.9. The standard InChI is InChI=1S/C18H19N3O4/c1-13-4-6-14(7-5-13)21-9-8-20(17(23)18(21)24)12-16(22)19-11-15-3-2-10-25-15/h2-7,10H,8-9,11-12H2,1H3,(H,19,22). The third-order valence-corrected chi connectivity index (χ3v) is 4.03. The highest BCUT2D eigenvalue weighted by molar-refractivity contribution is 6.41. The summed E-state index contributed by atoms with van der Waals surface area (Å²) in [6.07, 6.45) is 1.52. The Morgan fingerprint density at radius 3 is 2.56 bits per heavy atom. The van der Waals surface area contributed by atoms with Gasteiger partial charge < -0.3 is 19.5 Å². The lowest BCUT2D eigenvalue weighted by molar-refractivity contribution is -0.147. The van der Waals surface area contributed by atoms with Crippen LogP contribution in [-0.4, -0.2) is 42.3 Å². The summed E-state index contributed by atoms with van der Waals surface area (Å²) in [7, 11) is 0. The van der Waals surface area contributed by atoms with Crippen molar-refractivity contribution >= 4 is 23.4 Å². The van der Waals surface area contributed by atoms with E-state index >= 15 is 0 Å². The molecule has 0 atom stereocenters. The van der Waals surface area contributed by atoms with Crippen molar-refractivity contribution in [3.8, 4) is 0 Å². The first-order chi connectivity index (χ1) is 12.0. The quantitative estimate of drug-likeness (QED) is 0.825. The summed E-state index contributed by atoms with van der Waals surface area (Å²) in [5.41, 5.74) is 1.76. The molecule has 0 aliphatic carbocycles. The van der Waals surface area contributed by atoms with Crippen LogP contribution in [0.15, 0.2) is 47.1 Å². The second kappa shape index (κ2) is 7.21. The van der Waals surface area contributed by atoms with Gasteiger partial charge in [-0.25, -0.2) is 0 Å². The van der Waals surface area contributed by atoms with Crippen LogP contribution in [0.5, 0.6) is 0 Å². The first-order valence-electron chi connectivity index (χ1n) is 8.01. The predicted octanol–water partition coefficient (Wildman–Crippen LogP) is 1.08. The van der Waals surface area contributed by atoms with E-state index in [1.54, 1.807) is 12.1 Å². The van der Waals surface area contributed by atoms with E-state index in [1.165, 1.54) is 16.1 Å². The molecule has 1 aliphatic rings. The summed E-state index contributed by atoms with van der Waals surface area (Å²) < 4.78 is 5.13. The molecule has 1 saturated heterocycles. The predicted molar refractivity (Wildman–Crippen MR) is 90.7 cm³/mol. The van der Waals surface area contributed by atoms with Crippen molar-refractivity contribution in [2.24, 2.45) is 0 Å². The molecule has 3 rings (SSSR count). The molecule has 7 heteroatoms. The van der Waals surface area contributed by atoms with Crippen LogP contribution in [0.1, 0.15) is 11.3 Å². The average molecular weight is 341 g/mol. The number of carbonyl (C=O) groups is 3. The third-order valence-electron chi connectivity index (χ3n) is 4.03. The van der Waals surface area contributed by atoms with E-state index in [0.717, 1.165) is 5.56 Å². The van der Waals surface area contributed by atoms with Crippen molar-refractivity contribution in [3.63, 3.8) is 0 Å². The van der Waals surface area contributed by atoms with Crippen molar-refractivity contribution in [1.29, 1.82) is 0 Å². The number of hydrogen-bond donors (Lipinski definition) is 1. The molecule has 1 aromatic heterocycles. The first kappa shape index (κ1) is 16.8. The number of nitrogens with zero attached hydrogens (tertiary/aromatic N) is 2. The minimum atomic E-state index is -0.667. The molecule has 2 aromatic rings. The van der Waals surface area contributed by atoms with E-state index in [9.17, 15) is 14.4 Å². The van der Waals surface area contributed by atoms with Gasteiger partial charge in [-0.1, -0.05) is 17.7 Å². The Bertz CT molecular complexity index is 768. The Morgan fingerprint density at radius 1 is 1.12 bits per heavy atom. The van der Waals surface area contributed by atoms with E-state index in [-0.39, 0.29) is 19.0 Å². The smallest absolute Gasteiger partial charge is 0.316 e. The third kappa shape index (κ3) is 3.88. The normalized spacial score (nSPS) is 14.8. The molecule has 0 bridgehead atoms. The molecule has 25 heavy (non-hydrogen) atoms. The molecule has 7 nitrogen and oxygen atoms in total. The Morgan fingerprint density at radius 2 is 1.88 bits per heavy atom. The van der Waals surface area contributed by atoms with Crippen LogP contribution in [0.3, 0.4) is 0 Å². The van der Waals surface area contributed by atoms with Crippen LogP contribution in [-0.2, 0) is 20.9 Å². The number of aryl methyl sites for hydroxylation is 1. The number of furan rings is 1. The highest BCUT2D eigenvalue weighted by atomic mass is 16.3. The lowest BCUT2D eigenvalue weighted by Crippen LogP contribution is -2.56. The number of rotatable bonds is 5. The van der Waals surface area contributed by atoms with E-state index in [2.05, 4.69) is 5.32 Å². The molecule has 0 unspecified atom stereocenters. The topological polar surface area (TPSA) is 82.9 Å². The fourth-order valence-corrected chi connectivity index (χ4v) is 2.62. The summed E-state index contributed by atoms with van der Waals surface area (Å²) in [6, 6.07) is 10.9. The number of piperazine rings is 1. The van der Waals surface area contributed by atoms with Gasteiger partial charge in [-0.2, -0.15) is 0 Å². The largest absolute Gasteiger partial charge is 0.467 e. The second-order valence-corrected chi connectivity index (χ2v) is 5.88. The summed E-state index contributed by atoms with van der Waals surface area (Å²) in [5, 5.41) is 2.67. The van der Waals surface area contributed by atoms with E-state index in [1.807, 2.05) is 31.2 Å². The number of anilines is 1. The monoisotopic (exact) mass is 341 g/mol. The summed E-state index contributed by atoms with van der Waals surface area (Å²) in [6.45, 7) is 2.73. The van der Waals surface area contributed by atoms with Crippen LogP contribution < -0.4 is 10.2 Å². The number of amides is 3. The Hall–Kier alpha value is -3.09. The van der Waals surface area contributed by atoms with Crippen molar-refractivity contribution in [3.05, 3.63) is 54.0 Å². The van der Waals surface area contributed by atoms with Gasteiger partial charge in [-0.15, -0.1) is 0 Å². The zero-order chi connectivity index (χ0) is 17.8. The minimum Gasteiger partial charge on any atom is -0.467 e. The molecule has 1 aliphatic heterocycles. The molecule has 2 heterocycles. The van der Waals surface area contributed by atoms with Crippen molar-refractivity contribution in [1.82, 2.24) is 10.2 Å². The minimum absolute atomic E-state index is 0.146. The highest BCUT2D eigenvalue weighted by Crippen LogP contribution is 2.18. The van der Waals surface area contributed by atoms with Gasteiger partial charge in [-0.3, -0.25) is 14.4 Å². The van der Waals surface area contributed by atoms with Gasteiger partial charge in [0.15, 0.2) is 0 Å². The van der Waals surface area contributed by atoms with E-state index in [4.69, 9.17) is 4.42 Å². The molecular weight excluding hydrogens is 322 g/mol. The van der Waals surface area contributed by atoms with Crippen LogP contribution in [0, 0.1) is 6.92 Å². The summed E-state index contributed by atoms with van der Waals surface area (Å²) >= 11 is 0. The van der Waals surface area contributed by atoms with Gasteiger partial charge in [0.1, 0.15) is 12.3 Å². The van der Waals surface area contributed by atoms with Gasteiger partial charge in [0, 0.05) is 18.8 Å². The van der Waals surface area contributed by atoms with Gasteiger partial charge in [0.05, 0.1) is 12.8 Å². The van der Waals surface area contributed by atoms with Crippen LogP contribution >= 0.6 is 0 Å². The molecule has 0 radical (unpaired) electrons. The van der Waals surface area contributed by atoms with Crippen molar-refractivity contribution in [2.45, 2.75) is 13.5 Å². The maximum Gasteiger partial charge on any atom is 0.316 e. The number of carbonyl (C=O) groups excluding carboxylic acids is 3. The Labute approximate surface area is 145 Å². The number of benzene rings is 1. The van der Waals surface area contributed by atoms with Crippen molar-refractivity contribution in [2.75, 3.05) is 24.5 Å². The maximum absolute atomic E-state index is 12.3. The zero-order valence-electron chi connectivity index (χ0n) is 13.9. The van der Waals surface area contributed by atoms with Crippen molar-refractivity contribution < 1.29 is 18.8 Å². The molecule has 130 valence electrons. The van der Waals surface area contributed by atoms with Crippen LogP contribution in [0.4, 0.5) is 5.69 Å². The molecule has 0 saturated carbocycles. The highest BCUT2D eigenvalue weighted by Gasteiger charge is 2.34. The molecule has 1 fully saturated rings. The maximum atomic E-state index is 12.3. The summed E-state index contributed by atoms with van der Waals surface area (Å²) in [5.74, 6) is -0.991. The molecular formula is C18H19N3O4. The van der Waals surface area contributed by atoms with Gasteiger partial charge >= 0.3 is 11.8 Å². The molecule has 0 spiro atoms. The number of hydrogen-bond acceptors (Lipinski definition) is 4. The SMILES string of the molecule is Cc1ccc(N2CCN(CC(=O)NCc3ccco3)C(=O)C2=O)cc1. The first-order valence-corrected chi connectivity index (χ1v) is 8.01. The molecule has 1 aromatic carbocycles. The van der Waals surface area contributed by atoms with Gasteiger partial charge in [0.2, 0.25) is 5.91 Å². The van der Waals surface area contributed by atoms with Crippen LogP contribution in [0.2, 0.25) is 0 Å². The lowest BCUT2D eigenvalue weighted by atomic mass is 10.2. The second-order valence-electron chi connectivity index (χ2n) is 5.88. The summed E-state index contributed by atoms with van der Waals surface area (Å²) in [4.78, 5) is 39.3. The molecule has 3 amide bonds. The fourth-order valence-electron chi connectivity index (χ4n) is 2.62. The van der Waals surface area contributed by atoms with Gasteiger partial charge in [-0.05, 0) is 31.2 Å². The Balaban J connectivity index is 1.56. The van der Waals surface area contributed by atoms with E-state index in [0.29, 0.717) is 24.5 Å². The van der Waals surface area contributed by atoms with E-state index < -0.39 is 11.8 Å². The van der Waals surface area contributed by atoms with Crippen LogP contribution in [0.25, 0.3) is 0 Å².